The van der Waals surface area contributed by atoms with Crippen molar-refractivity contribution in [1.29, 1.82) is 0 Å². The van der Waals surface area contributed by atoms with Crippen LogP contribution in [0.15, 0.2) is 52.4 Å². The van der Waals surface area contributed by atoms with Gasteiger partial charge in [-0.2, -0.15) is 0 Å². The van der Waals surface area contributed by atoms with E-state index in [9.17, 15) is 14.4 Å². The number of hydrogen-bond donors (Lipinski definition) is 2. The minimum Gasteiger partial charge on any atom is -0.335 e. The molecule has 3 aromatic rings. The fraction of sp³-hybridized carbons (Fsp3) is 0.360. The van der Waals surface area contributed by atoms with Crippen LogP contribution in [0.1, 0.15) is 43.2 Å². The van der Waals surface area contributed by atoms with Gasteiger partial charge in [-0.25, -0.2) is 9.78 Å². The van der Waals surface area contributed by atoms with Crippen LogP contribution < -0.4 is 16.2 Å². The van der Waals surface area contributed by atoms with Crippen LogP contribution in [0.3, 0.4) is 0 Å². The number of nitrogens with zero attached hydrogens (tertiary/aromatic N) is 2. The van der Waals surface area contributed by atoms with Crippen molar-refractivity contribution in [2.45, 2.75) is 57.1 Å². The third kappa shape index (κ3) is 5.63. The van der Waals surface area contributed by atoms with Gasteiger partial charge in [0.25, 0.3) is 5.56 Å². The fourth-order valence-corrected chi connectivity index (χ4v) is 5.18. The van der Waals surface area contributed by atoms with E-state index in [4.69, 9.17) is 4.98 Å². The molecule has 0 saturated heterocycles. The van der Waals surface area contributed by atoms with Crippen molar-refractivity contribution in [3.8, 4) is 5.69 Å². The van der Waals surface area contributed by atoms with Crippen molar-refractivity contribution in [1.82, 2.24) is 20.2 Å². The Bertz CT molecular complexity index is 1230. The summed E-state index contributed by atoms with van der Waals surface area (Å²) in [6, 6.07) is 12.9. The molecular weight excluding hydrogens is 436 g/mol. The van der Waals surface area contributed by atoms with Crippen molar-refractivity contribution in [3.63, 3.8) is 0 Å². The molecule has 1 aliphatic carbocycles. The molecule has 2 N–H and O–H groups in total. The van der Waals surface area contributed by atoms with Crippen LogP contribution in [0.2, 0.25) is 0 Å². The number of aryl methyl sites for hydroxylation is 2. The summed E-state index contributed by atoms with van der Waals surface area (Å²) >= 11 is 1.33. The van der Waals surface area contributed by atoms with Crippen LogP contribution in [0.5, 0.6) is 0 Å². The summed E-state index contributed by atoms with van der Waals surface area (Å²) in [7, 11) is 0. The zero-order chi connectivity index (χ0) is 23.4. The van der Waals surface area contributed by atoms with E-state index in [1.807, 2.05) is 44.2 Å². The predicted molar refractivity (Wildman–Crippen MR) is 131 cm³/mol. The van der Waals surface area contributed by atoms with E-state index in [-0.39, 0.29) is 23.9 Å². The number of para-hydroxylation sites is 1. The second-order valence-electron chi connectivity index (χ2n) is 8.50. The van der Waals surface area contributed by atoms with E-state index >= 15 is 0 Å². The van der Waals surface area contributed by atoms with Gasteiger partial charge >= 0.3 is 6.03 Å². The maximum atomic E-state index is 13.4. The number of thioether (sulfide) groups is 1. The lowest BCUT2D eigenvalue weighted by Crippen LogP contribution is -2.43. The van der Waals surface area contributed by atoms with Gasteiger partial charge in [-0.1, -0.05) is 42.8 Å². The molecule has 1 aliphatic rings. The van der Waals surface area contributed by atoms with Crippen LogP contribution >= 0.6 is 11.8 Å². The summed E-state index contributed by atoms with van der Waals surface area (Å²) in [6.07, 6.45) is 4.27. The Morgan fingerprint density at radius 2 is 1.79 bits per heavy atom. The molecule has 172 valence electrons. The molecule has 1 heterocycles. The minimum atomic E-state index is -0.437. The second kappa shape index (κ2) is 10.2. The number of imide groups is 1. The SMILES string of the molecule is Cc1cc(C)cc(-n2c(SCCC(=O)NC(=O)NC3CCCC3)nc3ccccc3c2=O)c1. The lowest BCUT2D eigenvalue weighted by Gasteiger charge is -2.15. The fourth-order valence-electron chi connectivity index (χ4n) is 4.23. The Morgan fingerprint density at radius 1 is 1.09 bits per heavy atom. The molecule has 0 radical (unpaired) electrons. The van der Waals surface area contributed by atoms with E-state index in [0.717, 1.165) is 42.5 Å². The third-order valence-corrected chi connectivity index (χ3v) is 6.65. The summed E-state index contributed by atoms with van der Waals surface area (Å²) in [5.74, 6) is 0.0390. The molecule has 0 spiro atoms. The third-order valence-electron chi connectivity index (χ3n) is 5.71. The zero-order valence-electron chi connectivity index (χ0n) is 18.9. The van der Waals surface area contributed by atoms with E-state index in [0.29, 0.717) is 21.8 Å². The molecule has 0 unspecified atom stereocenters. The van der Waals surface area contributed by atoms with Crippen LogP contribution in [-0.4, -0.2) is 33.3 Å². The summed E-state index contributed by atoms with van der Waals surface area (Å²) in [5.41, 5.74) is 3.32. The number of urea groups is 1. The molecule has 4 rings (SSSR count). The molecule has 0 aliphatic heterocycles. The summed E-state index contributed by atoms with van der Waals surface area (Å²) < 4.78 is 1.61. The number of amides is 3. The van der Waals surface area contributed by atoms with Gasteiger partial charge in [0, 0.05) is 18.2 Å². The number of carbonyl (C=O) groups excluding carboxylic acids is 2. The molecule has 3 amide bonds. The number of nitrogens with one attached hydrogen (secondary N) is 2. The second-order valence-corrected chi connectivity index (χ2v) is 9.56. The van der Waals surface area contributed by atoms with Crippen LogP contribution in [0.25, 0.3) is 16.6 Å². The maximum absolute atomic E-state index is 13.4. The molecule has 2 aromatic carbocycles. The average molecular weight is 465 g/mol. The average Bonchev–Trinajstić information content (AvgIpc) is 3.26. The first kappa shape index (κ1) is 23.0. The van der Waals surface area contributed by atoms with Crippen LogP contribution in [0, 0.1) is 13.8 Å². The van der Waals surface area contributed by atoms with E-state index in [2.05, 4.69) is 16.7 Å². The number of hydrogen-bond acceptors (Lipinski definition) is 5. The number of fused-ring (bicyclic) bond motifs is 1. The van der Waals surface area contributed by atoms with Gasteiger partial charge in [0.1, 0.15) is 0 Å². The molecule has 33 heavy (non-hydrogen) atoms. The van der Waals surface area contributed by atoms with E-state index in [1.165, 1.54) is 11.8 Å². The lowest BCUT2D eigenvalue weighted by atomic mass is 10.1. The van der Waals surface area contributed by atoms with Crippen molar-refractivity contribution in [2.75, 3.05) is 5.75 Å². The minimum absolute atomic E-state index is 0.137. The maximum Gasteiger partial charge on any atom is 0.321 e. The molecule has 1 fully saturated rings. The smallest absolute Gasteiger partial charge is 0.321 e. The first-order chi connectivity index (χ1) is 15.9. The largest absolute Gasteiger partial charge is 0.335 e. The standard InChI is InChI=1S/C25H28N4O3S/c1-16-13-17(2)15-19(14-16)29-23(31)20-9-5-6-10-21(20)27-25(29)33-12-11-22(30)28-24(32)26-18-7-3-4-8-18/h5-6,9-10,13-15,18H,3-4,7-8,11-12H2,1-2H3,(H2,26,28,30,32). The topological polar surface area (TPSA) is 93.1 Å². The number of benzene rings is 2. The lowest BCUT2D eigenvalue weighted by molar-refractivity contribution is -0.119. The highest BCUT2D eigenvalue weighted by Gasteiger charge is 2.19. The Kier molecular flexibility index (Phi) is 7.13. The first-order valence-electron chi connectivity index (χ1n) is 11.2. The quantitative estimate of drug-likeness (QED) is 0.420. The molecular formula is C25H28N4O3S. The Balaban J connectivity index is 1.51. The summed E-state index contributed by atoms with van der Waals surface area (Å²) in [4.78, 5) is 42.4. The number of aromatic nitrogens is 2. The highest BCUT2D eigenvalue weighted by Crippen LogP contribution is 2.23. The molecule has 1 saturated carbocycles. The van der Waals surface area contributed by atoms with E-state index in [1.54, 1.807) is 10.6 Å². The highest BCUT2D eigenvalue weighted by molar-refractivity contribution is 7.99. The first-order valence-corrected chi connectivity index (χ1v) is 12.2. The zero-order valence-corrected chi connectivity index (χ0v) is 19.7. The van der Waals surface area contributed by atoms with Gasteiger partial charge in [-0.3, -0.25) is 19.5 Å². The van der Waals surface area contributed by atoms with Crippen molar-refractivity contribution in [3.05, 3.63) is 63.9 Å². The van der Waals surface area contributed by atoms with Crippen molar-refractivity contribution in [2.24, 2.45) is 0 Å². The van der Waals surface area contributed by atoms with Crippen molar-refractivity contribution >= 4 is 34.6 Å². The molecule has 1 aromatic heterocycles. The Labute approximate surface area is 197 Å². The monoisotopic (exact) mass is 464 g/mol. The summed E-state index contributed by atoms with van der Waals surface area (Å²) in [6.45, 7) is 3.98. The normalized spacial score (nSPS) is 13.9. The van der Waals surface area contributed by atoms with Gasteiger partial charge < -0.3 is 5.32 Å². The number of carbonyl (C=O) groups is 2. The van der Waals surface area contributed by atoms with Crippen LogP contribution in [-0.2, 0) is 4.79 Å². The van der Waals surface area contributed by atoms with Gasteiger partial charge in [0.15, 0.2) is 5.16 Å². The van der Waals surface area contributed by atoms with Gasteiger partial charge in [-0.15, -0.1) is 0 Å². The Morgan fingerprint density at radius 3 is 2.52 bits per heavy atom. The molecule has 0 atom stereocenters. The van der Waals surface area contributed by atoms with Gasteiger partial charge in [0.05, 0.1) is 16.6 Å². The van der Waals surface area contributed by atoms with Gasteiger partial charge in [0.2, 0.25) is 5.91 Å². The molecule has 0 bridgehead atoms. The predicted octanol–water partition coefficient (Wildman–Crippen LogP) is 4.25. The molecule has 8 heteroatoms. The van der Waals surface area contributed by atoms with Gasteiger partial charge in [-0.05, 0) is 62.1 Å². The summed E-state index contributed by atoms with van der Waals surface area (Å²) in [5, 5.41) is 6.32. The van der Waals surface area contributed by atoms with E-state index < -0.39 is 6.03 Å². The Hall–Kier alpha value is -3.13. The highest BCUT2D eigenvalue weighted by atomic mass is 32.2. The number of rotatable bonds is 6. The molecule has 7 nitrogen and oxygen atoms in total. The van der Waals surface area contributed by atoms with Crippen LogP contribution in [0.4, 0.5) is 4.79 Å². The van der Waals surface area contributed by atoms with Crippen molar-refractivity contribution < 1.29 is 9.59 Å².